The van der Waals surface area contributed by atoms with Crippen LogP contribution in [0, 0.1) is 5.41 Å². The highest BCUT2D eigenvalue weighted by Gasteiger charge is 2.30. The zero-order valence-corrected chi connectivity index (χ0v) is 18.7. The van der Waals surface area contributed by atoms with Crippen molar-refractivity contribution in [2.24, 2.45) is 5.41 Å². The Kier molecular flexibility index (Phi) is 7.18. The van der Waals surface area contributed by atoms with Gasteiger partial charge in [-0.25, -0.2) is 4.79 Å². The van der Waals surface area contributed by atoms with Crippen LogP contribution in [0.15, 0.2) is 48.5 Å². The summed E-state index contributed by atoms with van der Waals surface area (Å²) in [6.07, 6.45) is -0.335. The van der Waals surface area contributed by atoms with Crippen molar-refractivity contribution in [3.05, 3.63) is 59.7 Å². The van der Waals surface area contributed by atoms with Crippen LogP contribution in [0.2, 0.25) is 0 Å². The van der Waals surface area contributed by atoms with Gasteiger partial charge in [0.25, 0.3) is 0 Å². The number of alkyl carbamates (subject to hydrolysis) is 1. The Hall–Kier alpha value is -3.35. The van der Waals surface area contributed by atoms with E-state index in [9.17, 15) is 14.4 Å². The van der Waals surface area contributed by atoms with Gasteiger partial charge in [0, 0.05) is 12.5 Å². The molecule has 0 spiro atoms. The second kappa shape index (κ2) is 9.85. The number of benzene rings is 2. The molecule has 0 heterocycles. The van der Waals surface area contributed by atoms with E-state index in [0.29, 0.717) is 6.42 Å². The molecule has 0 saturated heterocycles. The number of hydrogen-bond donors (Lipinski definition) is 3. The Balaban J connectivity index is 1.57. The first kappa shape index (κ1) is 23.3. The summed E-state index contributed by atoms with van der Waals surface area (Å²) in [5.41, 5.74) is 3.93. The van der Waals surface area contributed by atoms with E-state index in [-0.39, 0.29) is 31.4 Å². The van der Waals surface area contributed by atoms with Gasteiger partial charge in [-0.05, 0) is 34.1 Å². The summed E-state index contributed by atoms with van der Waals surface area (Å²) in [5.74, 6) is -1.34. The average Bonchev–Trinajstić information content (AvgIpc) is 3.07. The summed E-state index contributed by atoms with van der Waals surface area (Å²) in [6, 6.07) is 15.4. The quantitative estimate of drug-likeness (QED) is 0.550. The van der Waals surface area contributed by atoms with E-state index in [4.69, 9.17) is 9.84 Å². The summed E-state index contributed by atoms with van der Waals surface area (Å²) in [5, 5.41) is 14.3. The molecule has 1 aliphatic rings. The highest BCUT2D eigenvalue weighted by Crippen LogP contribution is 2.44. The van der Waals surface area contributed by atoms with Crippen LogP contribution in [-0.2, 0) is 14.3 Å². The number of aliphatic carboxylic acids is 1. The van der Waals surface area contributed by atoms with E-state index in [2.05, 4.69) is 22.8 Å². The van der Waals surface area contributed by atoms with Crippen molar-refractivity contribution in [1.82, 2.24) is 10.6 Å². The Morgan fingerprint density at radius 2 is 1.59 bits per heavy atom. The highest BCUT2D eigenvalue weighted by molar-refractivity contribution is 5.85. The molecular formula is C25H30N2O5. The predicted molar refractivity (Wildman–Crippen MR) is 121 cm³/mol. The Morgan fingerprint density at radius 3 is 2.12 bits per heavy atom. The number of rotatable bonds is 9. The molecule has 1 atom stereocenters. The summed E-state index contributed by atoms with van der Waals surface area (Å²) in [4.78, 5) is 35.9. The number of hydrogen-bond acceptors (Lipinski definition) is 4. The summed E-state index contributed by atoms with van der Waals surface area (Å²) in [6.45, 7) is 5.68. The monoisotopic (exact) mass is 438 g/mol. The number of amides is 2. The third-order valence-electron chi connectivity index (χ3n) is 5.73. The molecule has 7 heteroatoms. The van der Waals surface area contributed by atoms with Crippen molar-refractivity contribution >= 4 is 18.0 Å². The molecule has 2 aromatic rings. The maximum Gasteiger partial charge on any atom is 0.407 e. The number of ether oxygens (including phenoxy) is 1. The van der Waals surface area contributed by atoms with E-state index >= 15 is 0 Å². The fraction of sp³-hybridized carbons (Fsp3) is 0.400. The van der Waals surface area contributed by atoms with E-state index in [1.54, 1.807) is 20.8 Å². The Morgan fingerprint density at radius 1 is 1.03 bits per heavy atom. The number of carboxylic acids is 1. The van der Waals surface area contributed by atoms with E-state index in [1.807, 2.05) is 36.4 Å². The molecule has 0 saturated carbocycles. The fourth-order valence-corrected chi connectivity index (χ4v) is 4.06. The van der Waals surface area contributed by atoms with Gasteiger partial charge in [0.05, 0.1) is 6.42 Å². The van der Waals surface area contributed by atoms with E-state index in [1.165, 1.54) is 0 Å². The number of fused-ring (bicyclic) bond motifs is 3. The van der Waals surface area contributed by atoms with Gasteiger partial charge in [0.15, 0.2) is 0 Å². The zero-order valence-electron chi connectivity index (χ0n) is 18.7. The van der Waals surface area contributed by atoms with Crippen molar-refractivity contribution < 1.29 is 24.2 Å². The van der Waals surface area contributed by atoms with Crippen LogP contribution < -0.4 is 10.6 Å². The van der Waals surface area contributed by atoms with Crippen molar-refractivity contribution in [3.8, 4) is 11.1 Å². The molecule has 2 aromatic carbocycles. The van der Waals surface area contributed by atoms with Crippen LogP contribution >= 0.6 is 0 Å². The third-order valence-corrected chi connectivity index (χ3v) is 5.73. The minimum atomic E-state index is -0.923. The first-order chi connectivity index (χ1) is 15.2. The van der Waals surface area contributed by atoms with Gasteiger partial charge in [0.1, 0.15) is 12.6 Å². The Labute approximate surface area is 188 Å². The largest absolute Gasteiger partial charge is 0.481 e. The minimum absolute atomic E-state index is 0.0566. The van der Waals surface area contributed by atoms with Gasteiger partial charge in [-0.3, -0.25) is 9.59 Å². The van der Waals surface area contributed by atoms with Crippen molar-refractivity contribution in [2.45, 2.75) is 45.6 Å². The maximum atomic E-state index is 12.5. The summed E-state index contributed by atoms with van der Waals surface area (Å²) < 4.78 is 5.51. The predicted octanol–water partition coefficient (Wildman–Crippen LogP) is 3.92. The van der Waals surface area contributed by atoms with Crippen molar-refractivity contribution in [1.29, 1.82) is 0 Å². The third kappa shape index (κ3) is 5.46. The Bertz CT molecular complexity index is 956. The van der Waals surface area contributed by atoms with Gasteiger partial charge >= 0.3 is 12.1 Å². The lowest BCUT2D eigenvalue weighted by atomic mass is 9.89. The molecule has 2 amide bonds. The first-order valence-electron chi connectivity index (χ1n) is 10.8. The van der Waals surface area contributed by atoms with Crippen LogP contribution in [0.4, 0.5) is 4.79 Å². The van der Waals surface area contributed by atoms with Gasteiger partial charge < -0.3 is 20.5 Å². The standard InChI is InChI=1S/C25H30N2O5/c1-4-21(23(30)26-15-25(2,3)13-22(28)29)27-24(31)32-14-20-18-11-7-5-9-16(18)17-10-6-8-12-19(17)20/h5-12,20-21H,4,13-15H2,1-3H3,(H,26,30)(H,27,31)(H,28,29)/t21-/m0/s1. The smallest absolute Gasteiger partial charge is 0.407 e. The minimum Gasteiger partial charge on any atom is -0.481 e. The van der Waals surface area contributed by atoms with Gasteiger partial charge in [-0.15, -0.1) is 0 Å². The molecule has 7 nitrogen and oxygen atoms in total. The van der Waals surface area contributed by atoms with Crippen LogP contribution in [0.25, 0.3) is 11.1 Å². The van der Waals surface area contributed by atoms with Crippen LogP contribution in [-0.4, -0.2) is 42.3 Å². The van der Waals surface area contributed by atoms with Gasteiger partial charge in [-0.1, -0.05) is 69.3 Å². The molecule has 0 fully saturated rings. The molecule has 0 bridgehead atoms. The lowest BCUT2D eigenvalue weighted by Crippen LogP contribution is -2.48. The SMILES string of the molecule is CC[C@H](NC(=O)OCC1c2ccccc2-c2ccccc21)C(=O)NCC(C)(C)CC(=O)O. The van der Waals surface area contributed by atoms with Gasteiger partial charge in [0.2, 0.25) is 5.91 Å². The topological polar surface area (TPSA) is 105 Å². The van der Waals surface area contributed by atoms with Crippen LogP contribution in [0.1, 0.15) is 50.7 Å². The fourth-order valence-electron chi connectivity index (χ4n) is 4.06. The molecule has 170 valence electrons. The second-order valence-electron chi connectivity index (χ2n) is 8.88. The normalized spacial score (nSPS) is 13.6. The van der Waals surface area contributed by atoms with Crippen LogP contribution in [0.5, 0.6) is 0 Å². The number of carbonyl (C=O) groups excluding carboxylic acids is 2. The summed E-state index contributed by atoms with van der Waals surface area (Å²) in [7, 11) is 0. The van der Waals surface area contributed by atoms with Crippen molar-refractivity contribution in [3.63, 3.8) is 0 Å². The molecule has 3 N–H and O–H groups in total. The van der Waals surface area contributed by atoms with Crippen LogP contribution in [0.3, 0.4) is 0 Å². The average molecular weight is 439 g/mol. The zero-order chi connectivity index (χ0) is 23.3. The number of carbonyl (C=O) groups is 3. The van der Waals surface area contributed by atoms with E-state index < -0.39 is 23.5 Å². The second-order valence-corrected chi connectivity index (χ2v) is 8.88. The molecule has 3 rings (SSSR count). The molecule has 0 aromatic heterocycles. The lowest BCUT2D eigenvalue weighted by molar-refractivity contribution is -0.139. The maximum absolute atomic E-state index is 12.5. The molecule has 0 unspecified atom stereocenters. The molecule has 0 radical (unpaired) electrons. The first-order valence-corrected chi connectivity index (χ1v) is 10.8. The molecular weight excluding hydrogens is 408 g/mol. The van der Waals surface area contributed by atoms with Crippen molar-refractivity contribution in [2.75, 3.05) is 13.2 Å². The summed E-state index contributed by atoms with van der Waals surface area (Å²) >= 11 is 0. The molecule has 32 heavy (non-hydrogen) atoms. The molecule has 1 aliphatic carbocycles. The number of carboxylic acid groups (broad SMARTS) is 1. The number of nitrogens with one attached hydrogen (secondary N) is 2. The van der Waals surface area contributed by atoms with Gasteiger partial charge in [-0.2, -0.15) is 0 Å². The highest BCUT2D eigenvalue weighted by atomic mass is 16.5. The van der Waals surface area contributed by atoms with E-state index in [0.717, 1.165) is 22.3 Å². The molecule has 0 aliphatic heterocycles. The lowest BCUT2D eigenvalue weighted by Gasteiger charge is -2.24.